The third-order valence-corrected chi connectivity index (χ3v) is 6.31. The molecule has 0 aromatic heterocycles. The Balaban J connectivity index is 2.81. The van der Waals surface area contributed by atoms with Crippen molar-refractivity contribution in [3.63, 3.8) is 0 Å². The highest BCUT2D eigenvalue weighted by molar-refractivity contribution is 7.88. The normalized spacial score (nSPS) is 23.2. The summed E-state index contributed by atoms with van der Waals surface area (Å²) in [7, 11) is -3.39. The van der Waals surface area contributed by atoms with Gasteiger partial charge in [0.15, 0.2) is 5.79 Å². The first-order valence-electron chi connectivity index (χ1n) is 9.94. The number of sulfonamides is 1. The molecular weight excluding hydrogens is 382 g/mol. The molecular formula is C20H41NO6S. The number of nitrogens with zero attached hydrogens (tertiary/aromatic N) is 1. The van der Waals surface area contributed by atoms with E-state index in [1.807, 2.05) is 41.5 Å². The Hall–Kier alpha value is -0.250. The standard InChI is InChI=1S/C20H41NO6S/c1-15(18(2,3)4)26-16(11-21(19(5,6)7)28(10,22)23)12-24-13-17-14-25-20(8,9)27-17/h15-17H,11-14H2,1-10H3/t15-,16-,17-/m0/s1. The molecule has 1 aliphatic rings. The topological polar surface area (TPSA) is 74.3 Å². The first kappa shape index (κ1) is 25.8. The van der Waals surface area contributed by atoms with E-state index in [0.29, 0.717) is 13.2 Å². The van der Waals surface area contributed by atoms with Crippen LogP contribution >= 0.6 is 0 Å². The Morgan fingerprint density at radius 2 is 1.75 bits per heavy atom. The van der Waals surface area contributed by atoms with Gasteiger partial charge in [-0.2, -0.15) is 4.31 Å². The molecule has 1 fully saturated rings. The highest BCUT2D eigenvalue weighted by atomic mass is 32.2. The maximum atomic E-state index is 12.3. The second-order valence-corrected chi connectivity index (χ2v) is 12.1. The van der Waals surface area contributed by atoms with E-state index in [1.165, 1.54) is 10.6 Å². The second kappa shape index (κ2) is 9.27. The molecule has 0 radical (unpaired) electrons. The van der Waals surface area contributed by atoms with E-state index in [9.17, 15) is 8.42 Å². The van der Waals surface area contributed by atoms with Crippen molar-refractivity contribution in [2.45, 2.75) is 92.0 Å². The third-order valence-electron chi connectivity index (χ3n) is 4.81. The Bertz CT molecular complexity index is 591. The maximum absolute atomic E-state index is 12.3. The first-order valence-corrected chi connectivity index (χ1v) is 11.8. The van der Waals surface area contributed by atoms with Crippen LogP contribution in [0.25, 0.3) is 0 Å². The summed E-state index contributed by atoms with van der Waals surface area (Å²) in [6.07, 6.45) is 0.644. The van der Waals surface area contributed by atoms with Gasteiger partial charge in [0.1, 0.15) is 6.10 Å². The molecule has 1 saturated heterocycles. The molecule has 0 unspecified atom stereocenters. The summed E-state index contributed by atoms with van der Waals surface area (Å²) in [6, 6.07) is 0. The molecule has 0 aromatic rings. The predicted molar refractivity (Wildman–Crippen MR) is 111 cm³/mol. The molecule has 168 valence electrons. The van der Waals surface area contributed by atoms with Crippen LogP contribution in [0.2, 0.25) is 0 Å². The molecule has 0 N–H and O–H groups in total. The molecule has 7 nitrogen and oxygen atoms in total. The minimum Gasteiger partial charge on any atom is -0.376 e. The van der Waals surface area contributed by atoms with Gasteiger partial charge in [-0.25, -0.2) is 8.42 Å². The molecule has 28 heavy (non-hydrogen) atoms. The van der Waals surface area contributed by atoms with Gasteiger partial charge in [-0.3, -0.25) is 0 Å². The summed E-state index contributed by atoms with van der Waals surface area (Å²) in [5.74, 6) is -0.593. The van der Waals surface area contributed by atoms with Gasteiger partial charge < -0.3 is 18.9 Å². The van der Waals surface area contributed by atoms with Crippen molar-refractivity contribution < 1.29 is 27.4 Å². The summed E-state index contributed by atoms with van der Waals surface area (Å²) in [5.41, 5.74) is -0.616. The average Bonchev–Trinajstić information content (AvgIpc) is 2.80. The lowest BCUT2D eigenvalue weighted by atomic mass is 9.90. The number of rotatable bonds is 9. The van der Waals surface area contributed by atoms with E-state index < -0.39 is 27.5 Å². The fourth-order valence-corrected chi connectivity index (χ4v) is 4.33. The monoisotopic (exact) mass is 423 g/mol. The smallest absolute Gasteiger partial charge is 0.211 e. The van der Waals surface area contributed by atoms with E-state index in [1.54, 1.807) is 0 Å². The summed E-state index contributed by atoms with van der Waals surface area (Å²) in [6.45, 7) is 19.0. The Labute approximate surface area is 172 Å². The Kier molecular flexibility index (Phi) is 8.53. The molecule has 3 atom stereocenters. The average molecular weight is 424 g/mol. The van der Waals surface area contributed by atoms with Gasteiger partial charge in [0.25, 0.3) is 0 Å². The fraction of sp³-hybridized carbons (Fsp3) is 1.00. The zero-order chi connectivity index (χ0) is 22.0. The van der Waals surface area contributed by atoms with E-state index in [2.05, 4.69) is 20.8 Å². The van der Waals surface area contributed by atoms with Gasteiger partial charge in [-0.05, 0) is 47.0 Å². The van der Waals surface area contributed by atoms with Crippen molar-refractivity contribution in [2.75, 3.05) is 32.6 Å². The van der Waals surface area contributed by atoms with Crippen LogP contribution in [0.15, 0.2) is 0 Å². The van der Waals surface area contributed by atoms with Crippen LogP contribution in [0.1, 0.15) is 62.3 Å². The number of ether oxygens (including phenoxy) is 4. The van der Waals surface area contributed by atoms with Crippen LogP contribution < -0.4 is 0 Å². The zero-order valence-electron chi connectivity index (χ0n) is 19.4. The highest BCUT2D eigenvalue weighted by Gasteiger charge is 2.35. The van der Waals surface area contributed by atoms with Crippen molar-refractivity contribution in [3.8, 4) is 0 Å². The molecule has 0 bridgehead atoms. The van der Waals surface area contributed by atoms with Gasteiger partial charge in [0.2, 0.25) is 10.0 Å². The van der Waals surface area contributed by atoms with Gasteiger partial charge in [0.05, 0.1) is 38.3 Å². The van der Waals surface area contributed by atoms with Gasteiger partial charge >= 0.3 is 0 Å². The number of hydrogen-bond acceptors (Lipinski definition) is 6. The molecule has 0 saturated carbocycles. The first-order chi connectivity index (χ1) is 12.4. The summed E-state index contributed by atoms with van der Waals surface area (Å²) >= 11 is 0. The van der Waals surface area contributed by atoms with Crippen molar-refractivity contribution in [2.24, 2.45) is 5.41 Å². The van der Waals surface area contributed by atoms with E-state index in [0.717, 1.165) is 0 Å². The van der Waals surface area contributed by atoms with Crippen molar-refractivity contribution in [3.05, 3.63) is 0 Å². The maximum Gasteiger partial charge on any atom is 0.211 e. The van der Waals surface area contributed by atoms with Crippen molar-refractivity contribution in [1.29, 1.82) is 0 Å². The van der Waals surface area contributed by atoms with E-state index in [4.69, 9.17) is 18.9 Å². The molecule has 0 spiro atoms. The number of hydrogen-bond donors (Lipinski definition) is 0. The second-order valence-electron chi connectivity index (χ2n) is 10.2. The zero-order valence-corrected chi connectivity index (χ0v) is 20.2. The van der Waals surface area contributed by atoms with Crippen molar-refractivity contribution in [1.82, 2.24) is 4.31 Å². The quantitative estimate of drug-likeness (QED) is 0.567. The van der Waals surface area contributed by atoms with Crippen LogP contribution in [0.3, 0.4) is 0 Å². The van der Waals surface area contributed by atoms with Gasteiger partial charge in [-0.15, -0.1) is 0 Å². The summed E-state index contributed by atoms with van der Waals surface area (Å²) in [4.78, 5) is 0. The SMILES string of the molecule is C[C@H](O[C@H](COC[C@H]1COC(C)(C)O1)CN(C(C)(C)C)S(C)(=O)=O)C(C)(C)C. The van der Waals surface area contributed by atoms with Crippen LogP contribution in [0, 0.1) is 5.41 Å². The van der Waals surface area contributed by atoms with E-state index in [-0.39, 0.29) is 30.8 Å². The lowest BCUT2D eigenvalue weighted by Gasteiger charge is -2.38. The molecule has 1 rings (SSSR count). The largest absolute Gasteiger partial charge is 0.376 e. The van der Waals surface area contributed by atoms with Crippen LogP contribution in [0.4, 0.5) is 0 Å². The molecule has 0 aliphatic carbocycles. The molecule has 8 heteroatoms. The van der Waals surface area contributed by atoms with Crippen LogP contribution in [-0.2, 0) is 29.0 Å². The van der Waals surface area contributed by atoms with E-state index >= 15 is 0 Å². The third kappa shape index (κ3) is 8.63. The fourth-order valence-electron chi connectivity index (χ4n) is 2.90. The summed E-state index contributed by atoms with van der Waals surface area (Å²) in [5, 5.41) is 0. The molecule has 0 amide bonds. The lowest BCUT2D eigenvalue weighted by molar-refractivity contribution is -0.149. The van der Waals surface area contributed by atoms with Gasteiger partial charge in [-0.1, -0.05) is 20.8 Å². The van der Waals surface area contributed by atoms with Crippen LogP contribution in [0.5, 0.6) is 0 Å². The van der Waals surface area contributed by atoms with Gasteiger partial charge in [0, 0.05) is 12.1 Å². The minimum absolute atomic E-state index is 0.0625. The highest BCUT2D eigenvalue weighted by Crippen LogP contribution is 2.26. The van der Waals surface area contributed by atoms with Crippen molar-refractivity contribution >= 4 is 10.0 Å². The van der Waals surface area contributed by atoms with Crippen LogP contribution in [-0.4, -0.2) is 75.0 Å². The minimum atomic E-state index is -3.39. The lowest BCUT2D eigenvalue weighted by Crippen LogP contribution is -2.51. The molecule has 1 heterocycles. The Morgan fingerprint density at radius 3 is 2.14 bits per heavy atom. The molecule has 0 aromatic carbocycles. The molecule has 1 aliphatic heterocycles. The summed E-state index contributed by atoms with van der Waals surface area (Å²) < 4.78 is 49.6. The Morgan fingerprint density at radius 1 is 1.18 bits per heavy atom. The predicted octanol–water partition coefficient (Wildman–Crippen LogP) is 3.03.